The Balaban J connectivity index is 2.17. The van der Waals surface area contributed by atoms with E-state index in [0.717, 1.165) is 12.4 Å². The first kappa shape index (κ1) is 10.7. The van der Waals surface area contributed by atoms with Crippen molar-refractivity contribution >= 4 is 28.9 Å². The van der Waals surface area contributed by atoms with Crippen LogP contribution in [0.5, 0.6) is 0 Å². The molecule has 5 nitrogen and oxygen atoms in total. The maximum absolute atomic E-state index is 5.61. The molecule has 0 fully saturated rings. The summed E-state index contributed by atoms with van der Waals surface area (Å²) in [5.41, 5.74) is 12.4. The average molecular weight is 235 g/mol. The highest BCUT2D eigenvalue weighted by atomic mass is 32.1. The predicted octanol–water partition coefficient (Wildman–Crippen LogP) is 1.34. The molecule has 2 heterocycles. The maximum atomic E-state index is 5.61. The molecule has 0 bridgehead atoms. The minimum Gasteiger partial charge on any atom is -0.383 e. The largest absolute Gasteiger partial charge is 0.383 e. The van der Waals surface area contributed by atoms with Gasteiger partial charge < -0.3 is 16.4 Å². The molecule has 2 aromatic rings. The van der Waals surface area contributed by atoms with Crippen molar-refractivity contribution in [2.75, 3.05) is 23.4 Å². The van der Waals surface area contributed by atoms with Crippen molar-refractivity contribution in [2.45, 2.75) is 6.54 Å². The van der Waals surface area contributed by atoms with E-state index in [-0.39, 0.29) is 5.95 Å². The second-order valence-electron chi connectivity index (χ2n) is 3.50. The second kappa shape index (κ2) is 4.36. The summed E-state index contributed by atoms with van der Waals surface area (Å²) in [7, 11) is 1.94. The van der Waals surface area contributed by atoms with Crippen LogP contribution in [-0.4, -0.2) is 17.0 Å². The highest BCUT2D eigenvalue weighted by Crippen LogP contribution is 2.17. The third kappa shape index (κ3) is 2.40. The fraction of sp³-hybridized carbons (Fsp3) is 0.200. The molecular weight excluding hydrogens is 222 g/mol. The number of nitrogens with two attached hydrogens (primary N) is 2. The van der Waals surface area contributed by atoms with Crippen LogP contribution in [0.25, 0.3) is 0 Å². The van der Waals surface area contributed by atoms with Crippen molar-refractivity contribution in [2.24, 2.45) is 0 Å². The van der Waals surface area contributed by atoms with E-state index in [9.17, 15) is 0 Å². The average Bonchev–Trinajstić information content (AvgIpc) is 2.68. The van der Waals surface area contributed by atoms with Gasteiger partial charge in [0, 0.05) is 19.7 Å². The van der Waals surface area contributed by atoms with Crippen LogP contribution in [0, 0.1) is 0 Å². The van der Waals surface area contributed by atoms with Gasteiger partial charge in [0.2, 0.25) is 5.95 Å². The lowest BCUT2D eigenvalue weighted by atomic mass is 10.3. The van der Waals surface area contributed by atoms with Gasteiger partial charge in [0.1, 0.15) is 11.6 Å². The maximum Gasteiger partial charge on any atom is 0.223 e. The van der Waals surface area contributed by atoms with E-state index in [1.165, 1.54) is 5.56 Å². The van der Waals surface area contributed by atoms with E-state index in [2.05, 4.69) is 21.4 Å². The molecule has 0 amide bonds. The molecule has 0 aliphatic heterocycles. The van der Waals surface area contributed by atoms with Gasteiger partial charge in [-0.1, -0.05) is 0 Å². The first-order valence-corrected chi connectivity index (χ1v) is 5.71. The lowest BCUT2D eigenvalue weighted by molar-refractivity contribution is 0.898. The van der Waals surface area contributed by atoms with E-state index in [0.29, 0.717) is 5.82 Å². The van der Waals surface area contributed by atoms with Crippen molar-refractivity contribution in [1.29, 1.82) is 0 Å². The van der Waals surface area contributed by atoms with Gasteiger partial charge in [0.05, 0.1) is 0 Å². The van der Waals surface area contributed by atoms with Crippen LogP contribution in [0.3, 0.4) is 0 Å². The molecule has 16 heavy (non-hydrogen) atoms. The minimum absolute atomic E-state index is 0.201. The summed E-state index contributed by atoms with van der Waals surface area (Å²) in [6.07, 6.45) is 0. The molecule has 0 aliphatic carbocycles. The van der Waals surface area contributed by atoms with E-state index in [1.807, 2.05) is 17.3 Å². The van der Waals surface area contributed by atoms with E-state index in [4.69, 9.17) is 11.5 Å². The van der Waals surface area contributed by atoms with Gasteiger partial charge >= 0.3 is 0 Å². The van der Waals surface area contributed by atoms with E-state index >= 15 is 0 Å². The van der Waals surface area contributed by atoms with Gasteiger partial charge in [-0.3, -0.25) is 0 Å². The summed E-state index contributed by atoms with van der Waals surface area (Å²) in [5, 5.41) is 4.15. The minimum atomic E-state index is 0.201. The Morgan fingerprint density at radius 3 is 2.81 bits per heavy atom. The topological polar surface area (TPSA) is 81.1 Å². The summed E-state index contributed by atoms with van der Waals surface area (Å²) < 4.78 is 0. The zero-order chi connectivity index (χ0) is 11.5. The Morgan fingerprint density at radius 1 is 1.38 bits per heavy atom. The molecule has 2 rings (SSSR count). The predicted molar refractivity (Wildman–Crippen MR) is 67.3 cm³/mol. The van der Waals surface area contributed by atoms with Crippen LogP contribution in [0.15, 0.2) is 22.9 Å². The molecule has 0 aromatic carbocycles. The van der Waals surface area contributed by atoms with Crippen LogP contribution in [0.1, 0.15) is 5.56 Å². The third-order valence-electron chi connectivity index (χ3n) is 2.14. The number of aromatic nitrogens is 2. The summed E-state index contributed by atoms with van der Waals surface area (Å²) in [4.78, 5) is 9.95. The number of hydrogen-bond donors (Lipinski definition) is 2. The van der Waals surface area contributed by atoms with E-state index in [1.54, 1.807) is 17.4 Å². The number of nitrogens with zero attached hydrogens (tertiary/aromatic N) is 3. The first-order chi connectivity index (χ1) is 7.65. The lowest BCUT2D eigenvalue weighted by Gasteiger charge is -2.17. The molecular formula is C10H13N5S. The molecule has 0 atom stereocenters. The highest BCUT2D eigenvalue weighted by Gasteiger charge is 2.06. The van der Waals surface area contributed by atoms with Crippen LogP contribution >= 0.6 is 11.3 Å². The van der Waals surface area contributed by atoms with Crippen LogP contribution in [-0.2, 0) is 6.54 Å². The number of nitrogen functional groups attached to an aromatic ring is 2. The lowest BCUT2D eigenvalue weighted by Crippen LogP contribution is -2.18. The molecule has 2 aromatic heterocycles. The monoisotopic (exact) mass is 235 g/mol. The number of hydrogen-bond acceptors (Lipinski definition) is 6. The molecule has 6 heteroatoms. The van der Waals surface area contributed by atoms with Crippen molar-refractivity contribution in [1.82, 2.24) is 9.97 Å². The molecule has 4 N–H and O–H groups in total. The first-order valence-electron chi connectivity index (χ1n) is 4.77. The zero-order valence-electron chi connectivity index (χ0n) is 8.92. The van der Waals surface area contributed by atoms with Crippen molar-refractivity contribution in [3.63, 3.8) is 0 Å². The Kier molecular flexibility index (Phi) is 2.91. The summed E-state index contributed by atoms with van der Waals surface area (Å²) in [5.74, 6) is 1.32. The second-order valence-corrected chi connectivity index (χ2v) is 4.28. The van der Waals surface area contributed by atoms with E-state index < -0.39 is 0 Å². The Labute approximate surface area is 97.7 Å². The van der Waals surface area contributed by atoms with Crippen LogP contribution in [0.4, 0.5) is 17.6 Å². The van der Waals surface area contributed by atoms with Crippen molar-refractivity contribution in [3.8, 4) is 0 Å². The summed E-state index contributed by atoms with van der Waals surface area (Å²) in [6.45, 7) is 0.777. The number of anilines is 3. The van der Waals surface area contributed by atoms with Crippen LogP contribution < -0.4 is 16.4 Å². The summed E-state index contributed by atoms with van der Waals surface area (Å²) >= 11 is 1.67. The smallest absolute Gasteiger partial charge is 0.223 e. The number of thiophene rings is 1. The molecule has 84 valence electrons. The molecule has 0 saturated carbocycles. The van der Waals surface area contributed by atoms with Gasteiger partial charge in [0.15, 0.2) is 0 Å². The van der Waals surface area contributed by atoms with Gasteiger partial charge in [-0.25, -0.2) is 0 Å². The molecule has 0 aliphatic rings. The SMILES string of the molecule is CN(Cc1ccsc1)c1cc(N)nc(N)n1. The van der Waals surface area contributed by atoms with Crippen LogP contribution in [0.2, 0.25) is 0 Å². The Bertz CT molecular complexity index is 448. The molecule has 0 spiro atoms. The quantitative estimate of drug-likeness (QED) is 0.839. The fourth-order valence-electron chi connectivity index (χ4n) is 1.40. The van der Waals surface area contributed by atoms with Gasteiger partial charge in [-0.2, -0.15) is 21.3 Å². The van der Waals surface area contributed by atoms with Gasteiger partial charge in [-0.05, 0) is 22.4 Å². The Hall–Kier alpha value is -1.82. The standard InChI is InChI=1S/C10H13N5S/c1-15(5-7-2-3-16-6-7)9-4-8(11)13-10(12)14-9/h2-4,6H,5H2,1H3,(H4,11,12,13,14). The van der Waals surface area contributed by atoms with Gasteiger partial charge in [0.25, 0.3) is 0 Å². The molecule has 0 unspecified atom stereocenters. The highest BCUT2D eigenvalue weighted by molar-refractivity contribution is 7.07. The number of rotatable bonds is 3. The molecule has 0 radical (unpaired) electrons. The third-order valence-corrected chi connectivity index (χ3v) is 2.87. The summed E-state index contributed by atoms with van der Waals surface area (Å²) in [6, 6.07) is 3.79. The van der Waals surface area contributed by atoms with Crippen molar-refractivity contribution < 1.29 is 0 Å². The van der Waals surface area contributed by atoms with Gasteiger partial charge in [-0.15, -0.1) is 0 Å². The zero-order valence-corrected chi connectivity index (χ0v) is 9.74. The fourth-order valence-corrected chi connectivity index (χ4v) is 2.06. The normalized spacial score (nSPS) is 10.3. The molecule has 0 saturated heterocycles. The van der Waals surface area contributed by atoms with Crippen molar-refractivity contribution in [3.05, 3.63) is 28.5 Å². The Morgan fingerprint density at radius 2 is 2.19 bits per heavy atom.